The Morgan fingerprint density at radius 1 is 1.36 bits per heavy atom. The molecule has 0 saturated carbocycles. The minimum absolute atomic E-state index is 0.0214. The van der Waals surface area contributed by atoms with Crippen molar-refractivity contribution in [1.82, 2.24) is 5.32 Å². The highest BCUT2D eigenvalue weighted by Gasteiger charge is 1.97. The Hall–Kier alpha value is -0.690. The van der Waals surface area contributed by atoms with Crippen molar-refractivity contribution in [1.29, 1.82) is 5.26 Å². The van der Waals surface area contributed by atoms with Gasteiger partial charge in [0.2, 0.25) is 5.91 Å². The Bertz CT molecular complexity index is 189. The van der Waals surface area contributed by atoms with E-state index >= 15 is 0 Å². The van der Waals surface area contributed by atoms with Crippen molar-refractivity contribution in [3.05, 3.63) is 0 Å². The number of hydrogen-bond acceptors (Lipinski definition) is 3. The number of rotatable bonds is 8. The van der Waals surface area contributed by atoms with Gasteiger partial charge in [-0.2, -0.15) is 17.0 Å². The van der Waals surface area contributed by atoms with E-state index in [1.165, 1.54) is 18.6 Å². The molecular formula is C10H18N2OS. The maximum absolute atomic E-state index is 10.8. The Balaban J connectivity index is 3.06. The highest BCUT2D eigenvalue weighted by atomic mass is 32.2. The van der Waals surface area contributed by atoms with Crippen molar-refractivity contribution >= 4 is 17.7 Å². The van der Waals surface area contributed by atoms with Gasteiger partial charge in [0.25, 0.3) is 0 Å². The van der Waals surface area contributed by atoms with E-state index in [0.717, 1.165) is 12.8 Å². The minimum atomic E-state index is -0.156. The van der Waals surface area contributed by atoms with Gasteiger partial charge in [-0.05, 0) is 24.9 Å². The van der Waals surface area contributed by atoms with Crippen LogP contribution in [0.3, 0.4) is 0 Å². The minimum Gasteiger partial charge on any atom is -0.355 e. The van der Waals surface area contributed by atoms with E-state index in [4.69, 9.17) is 5.26 Å². The van der Waals surface area contributed by atoms with Gasteiger partial charge in [0.05, 0.1) is 6.07 Å². The Kier molecular flexibility index (Phi) is 9.88. The molecule has 1 amide bonds. The molecule has 0 atom stereocenters. The maximum Gasteiger partial charge on any atom is 0.234 e. The van der Waals surface area contributed by atoms with Gasteiger partial charge in [-0.15, -0.1) is 0 Å². The lowest BCUT2D eigenvalue weighted by atomic mass is 10.2. The molecule has 0 spiro atoms. The predicted octanol–water partition coefficient (Wildman–Crippen LogP) is 1.94. The molecule has 0 aromatic carbocycles. The van der Waals surface area contributed by atoms with Crippen molar-refractivity contribution in [2.45, 2.75) is 32.1 Å². The summed E-state index contributed by atoms with van der Waals surface area (Å²) in [5.41, 5.74) is 0. The number of carbonyl (C=O) groups is 1. The van der Waals surface area contributed by atoms with Crippen LogP contribution in [-0.4, -0.2) is 24.5 Å². The van der Waals surface area contributed by atoms with Crippen molar-refractivity contribution in [3.63, 3.8) is 0 Å². The van der Waals surface area contributed by atoms with Crippen LogP contribution in [0.15, 0.2) is 0 Å². The van der Waals surface area contributed by atoms with Gasteiger partial charge < -0.3 is 5.32 Å². The molecule has 0 aromatic heterocycles. The van der Waals surface area contributed by atoms with Crippen LogP contribution in [0.1, 0.15) is 32.1 Å². The second kappa shape index (κ2) is 10.4. The molecule has 0 fully saturated rings. The molecule has 0 aromatic rings. The van der Waals surface area contributed by atoms with E-state index < -0.39 is 0 Å². The second-order valence-corrected chi connectivity index (χ2v) is 4.08. The molecule has 80 valence electrons. The van der Waals surface area contributed by atoms with E-state index in [1.807, 2.05) is 17.8 Å². The molecule has 0 saturated heterocycles. The number of carbonyl (C=O) groups excluding carboxylic acids is 1. The molecule has 0 heterocycles. The number of thioether (sulfide) groups is 1. The zero-order chi connectivity index (χ0) is 10.6. The zero-order valence-electron chi connectivity index (χ0n) is 8.71. The molecule has 14 heavy (non-hydrogen) atoms. The molecule has 0 aliphatic rings. The number of amides is 1. The summed E-state index contributed by atoms with van der Waals surface area (Å²) in [5.74, 6) is 1.07. The summed E-state index contributed by atoms with van der Waals surface area (Å²) in [4.78, 5) is 10.8. The van der Waals surface area contributed by atoms with Gasteiger partial charge in [0.1, 0.15) is 6.42 Å². The first-order valence-corrected chi connectivity index (χ1v) is 6.33. The Morgan fingerprint density at radius 2 is 2.07 bits per heavy atom. The number of nitrogens with one attached hydrogen (secondary N) is 1. The molecular weight excluding hydrogens is 196 g/mol. The molecule has 0 radical (unpaired) electrons. The normalized spacial score (nSPS) is 9.43. The van der Waals surface area contributed by atoms with Gasteiger partial charge in [-0.3, -0.25) is 4.79 Å². The van der Waals surface area contributed by atoms with Crippen LogP contribution < -0.4 is 5.32 Å². The molecule has 4 heteroatoms. The Morgan fingerprint density at radius 3 is 2.71 bits per heavy atom. The SMILES string of the molecule is CSCCCCCCNC(=O)CC#N. The first-order chi connectivity index (χ1) is 6.81. The molecule has 0 bridgehead atoms. The lowest BCUT2D eigenvalue weighted by Gasteiger charge is -2.02. The quantitative estimate of drug-likeness (QED) is 0.628. The van der Waals surface area contributed by atoms with Crippen LogP contribution in [0.5, 0.6) is 0 Å². The molecule has 1 N–H and O–H groups in total. The second-order valence-electron chi connectivity index (χ2n) is 3.09. The molecule has 0 aliphatic heterocycles. The summed E-state index contributed by atoms with van der Waals surface area (Å²) in [6.45, 7) is 0.708. The summed E-state index contributed by atoms with van der Waals surface area (Å²) in [6.07, 6.45) is 6.76. The maximum atomic E-state index is 10.8. The van der Waals surface area contributed by atoms with E-state index in [9.17, 15) is 4.79 Å². The van der Waals surface area contributed by atoms with Crippen LogP contribution in [0.4, 0.5) is 0 Å². The average Bonchev–Trinajstić information content (AvgIpc) is 2.17. The van der Waals surface area contributed by atoms with Crippen LogP contribution in [0.25, 0.3) is 0 Å². The van der Waals surface area contributed by atoms with E-state index in [-0.39, 0.29) is 12.3 Å². The fourth-order valence-corrected chi connectivity index (χ4v) is 1.58. The van der Waals surface area contributed by atoms with Crippen molar-refractivity contribution in [2.75, 3.05) is 18.6 Å². The van der Waals surface area contributed by atoms with Gasteiger partial charge in [-0.25, -0.2) is 0 Å². The lowest BCUT2D eigenvalue weighted by Crippen LogP contribution is -2.23. The first-order valence-electron chi connectivity index (χ1n) is 4.94. The summed E-state index contributed by atoms with van der Waals surface area (Å²) in [7, 11) is 0. The van der Waals surface area contributed by atoms with E-state index in [0.29, 0.717) is 6.54 Å². The highest BCUT2D eigenvalue weighted by Crippen LogP contribution is 2.03. The lowest BCUT2D eigenvalue weighted by molar-refractivity contribution is -0.120. The first kappa shape index (κ1) is 13.3. The van der Waals surface area contributed by atoms with Crippen LogP contribution in [-0.2, 0) is 4.79 Å². The van der Waals surface area contributed by atoms with Gasteiger partial charge in [-0.1, -0.05) is 12.8 Å². The number of nitrogens with zero attached hydrogens (tertiary/aromatic N) is 1. The summed E-state index contributed by atoms with van der Waals surface area (Å²) in [6, 6.07) is 1.82. The topological polar surface area (TPSA) is 52.9 Å². The van der Waals surface area contributed by atoms with Crippen molar-refractivity contribution < 1.29 is 4.79 Å². The van der Waals surface area contributed by atoms with Gasteiger partial charge >= 0.3 is 0 Å². The third kappa shape index (κ3) is 9.40. The number of unbranched alkanes of at least 4 members (excludes halogenated alkanes) is 3. The smallest absolute Gasteiger partial charge is 0.234 e. The molecule has 0 aliphatic carbocycles. The Labute approximate surface area is 90.3 Å². The van der Waals surface area contributed by atoms with Crippen LogP contribution in [0, 0.1) is 11.3 Å². The summed E-state index contributed by atoms with van der Waals surface area (Å²) >= 11 is 1.87. The summed E-state index contributed by atoms with van der Waals surface area (Å²) in [5, 5.41) is 10.9. The molecule has 0 unspecified atom stereocenters. The van der Waals surface area contributed by atoms with Gasteiger partial charge in [0, 0.05) is 6.54 Å². The van der Waals surface area contributed by atoms with Crippen LogP contribution in [0.2, 0.25) is 0 Å². The fourth-order valence-electron chi connectivity index (χ4n) is 1.09. The van der Waals surface area contributed by atoms with Crippen molar-refractivity contribution in [2.24, 2.45) is 0 Å². The third-order valence-electron chi connectivity index (χ3n) is 1.84. The number of nitriles is 1. The van der Waals surface area contributed by atoms with E-state index in [2.05, 4.69) is 11.6 Å². The van der Waals surface area contributed by atoms with E-state index in [1.54, 1.807) is 0 Å². The number of hydrogen-bond donors (Lipinski definition) is 1. The largest absolute Gasteiger partial charge is 0.355 e. The third-order valence-corrected chi connectivity index (χ3v) is 2.53. The summed E-state index contributed by atoms with van der Waals surface area (Å²) < 4.78 is 0. The van der Waals surface area contributed by atoms with Crippen LogP contribution >= 0.6 is 11.8 Å². The monoisotopic (exact) mass is 214 g/mol. The highest BCUT2D eigenvalue weighted by molar-refractivity contribution is 7.98. The van der Waals surface area contributed by atoms with Crippen molar-refractivity contribution in [3.8, 4) is 6.07 Å². The zero-order valence-corrected chi connectivity index (χ0v) is 9.53. The fraction of sp³-hybridized carbons (Fsp3) is 0.800. The predicted molar refractivity (Wildman–Crippen MR) is 60.1 cm³/mol. The standard InChI is InChI=1S/C10H18N2OS/c1-14-9-5-3-2-4-8-12-10(13)6-7-11/h2-6,8-9H2,1H3,(H,12,13). The molecule has 0 rings (SSSR count). The molecule has 3 nitrogen and oxygen atoms in total. The average molecular weight is 214 g/mol. The van der Waals surface area contributed by atoms with Gasteiger partial charge in [0.15, 0.2) is 0 Å².